The predicted molar refractivity (Wildman–Crippen MR) is 124 cm³/mol. The molecule has 2 atom stereocenters. The van der Waals surface area contributed by atoms with E-state index >= 15 is 0 Å². The van der Waals surface area contributed by atoms with E-state index in [0.29, 0.717) is 24.4 Å². The molecule has 0 radical (unpaired) electrons. The summed E-state index contributed by atoms with van der Waals surface area (Å²) in [7, 11) is -3.71. The van der Waals surface area contributed by atoms with Gasteiger partial charge in [0.05, 0.1) is 23.6 Å². The maximum Gasteiger partial charge on any atom is 0.254 e. The van der Waals surface area contributed by atoms with E-state index in [-0.39, 0.29) is 35.4 Å². The van der Waals surface area contributed by atoms with Gasteiger partial charge in [-0.05, 0) is 54.8 Å². The van der Waals surface area contributed by atoms with Crippen LogP contribution in [-0.4, -0.2) is 50.4 Å². The zero-order valence-corrected chi connectivity index (χ0v) is 19.4. The normalized spacial score (nSPS) is 20.7. The molecule has 4 rings (SSSR count). The summed E-state index contributed by atoms with van der Waals surface area (Å²) in [6.45, 7) is 2.66. The number of anilines is 1. The van der Waals surface area contributed by atoms with E-state index < -0.39 is 10.0 Å². The Balaban J connectivity index is 1.37. The molecule has 176 valence electrons. The van der Waals surface area contributed by atoms with E-state index in [4.69, 9.17) is 4.74 Å². The SMILES string of the molecule is CC(=O)Nc1ccc(S(=O)(=O)NCc2ccc(C(=O)N3CCOC4CCCCC43)cc2)cc1. The molecule has 2 fully saturated rings. The minimum atomic E-state index is -3.71. The van der Waals surface area contributed by atoms with Gasteiger partial charge < -0.3 is 15.0 Å². The molecule has 33 heavy (non-hydrogen) atoms. The van der Waals surface area contributed by atoms with Gasteiger partial charge in [0.25, 0.3) is 5.91 Å². The summed E-state index contributed by atoms with van der Waals surface area (Å²) in [6.07, 6.45) is 4.37. The Labute approximate surface area is 194 Å². The number of fused-ring (bicyclic) bond motifs is 1. The van der Waals surface area contributed by atoms with Crippen molar-refractivity contribution in [1.82, 2.24) is 9.62 Å². The van der Waals surface area contributed by atoms with Crippen LogP contribution in [0.3, 0.4) is 0 Å². The van der Waals surface area contributed by atoms with Crippen LogP contribution in [0.5, 0.6) is 0 Å². The Hall–Kier alpha value is -2.75. The van der Waals surface area contributed by atoms with E-state index in [2.05, 4.69) is 10.0 Å². The predicted octanol–water partition coefficient (Wildman–Crippen LogP) is 2.91. The fraction of sp³-hybridized carbons (Fsp3) is 0.417. The molecule has 8 nitrogen and oxygen atoms in total. The third kappa shape index (κ3) is 5.61. The van der Waals surface area contributed by atoms with Crippen LogP contribution < -0.4 is 10.0 Å². The number of hydrogen-bond acceptors (Lipinski definition) is 5. The van der Waals surface area contributed by atoms with Crippen LogP contribution >= 0.6 is 0 Å². The van der Waals surface area contributed by atoms with E-state index in [0.717, 1.165) is 31.2 Å². The number of benzene rings is 2. The largest absolute Gasteiger partial charge is 0.374 e. The van der Waals surface area contributed by atoms with Crippen molar-refractivity contribution in [2.45, 2.75) is 56.2 Å². The monoisotopic (exact) mass is 471 g/mol. The maximum atomic E-state index is 13.1. The molecule has 2 amide bonds. The van der Waals surface area contributed by atoms with Gasteiger partial charge in [0.2, 0.25) is 15.9 Å². The minimum absolute atomic E-state index is 0.00147. The topological polar surface area (TPSA) is 105 Å². The lowest BCUT2D eigenvalue weighted by molar-refractivity contribution is -0.114. The van der Waals surface area contributed by atoms with Gasteiger partial charge in [-0.3, -0.25) is 9.59 Å². The van der Waals surface area contributed by atoms with Crippen molar-refractivity contribution in [3.05, 3.63) is 59.7 Å². The van der Waals surface area contributed by atoms with Gasteiger partial charge in [-0.1, -0.05) is 25.0 Å². The summed E-state index contributed by atoms with van der Waals surface area (Å²) in [6, 6.07) is 13.2. The lowest BCUT2D eigenvalue weighted by Gasteiger charge is -2.43. The van der Waals surface area contributed by atoms with Gasteiger partial charge in [0, 0.05) is 31.3 Å². The highest BCUT2D eigenvalue weighted by Gasteiger charge is 2.36. The second-order valence-electron chi connectivity index (χ2n) is 8.49. The molecule has 0 bridgehead atoms. The van der Waals surface area contributed by atoms with Crippen LogP contribution in [0.2, 0.25) is 0 Å². The van der Waals surface area contributed by atoms with Crippen LogP contribution in [-0.2, 0) is 26.1 Å². The van der Waals surface area contributed by atoms with E-state index in [1.165, 1.54) is 19.1 Å². The highest BCUT2D eigenvalue weighted by atomic mass is 32.2. The molecule has 0 aromatic heterocycles. The van der Waals surface area contributed by atoms with Crippen LogP contribution in [0.15, 0.2) is 53.4 Å². The Morgan fingerprint density at radius 2 is 1.73 bits per heavy atom. The summed E-state index contributed by atoms with van der Waals surface area (Å²) < 4.78 is 33.6. The molecule has 2 aromatic rings. The Morgan fingerprint density at radius 1 is 1.03 bits per heavy atom. The number of ether oxygens (including phenoxy) is 1. The quantitative estimate of drug-likeness (QED) is 0.674. The van der Waals surface area contributed by atoms with Gasteiger partial charge in [0.1, 0.15) is 0 Å². The van der Waals surface area contributed by atoms with Gasteiger partial charge in [-0.25, -0.2) is 13.1 Å². The van der Waals surface area contributed by atoms with Gasteiger partial charge in [0.15, 0.2) is 0 Å². The fourth-order valence-corrected chi connectivity index (χ4v) is 5.48. The third-order valence-electron chi connectivity index (χ3n) is 6.15. The van der Waals surface area contributed by atoms with Gasteiger partial charge >= 0.3 is 0 Å². The van der Waals surface area contributed by atoms with Crippen LogP contribution in [0.4, 0.5) is 5.69 Å². The maximum absolute atomic E-state index is 13.1. The smallest absolute Gasteiger partial charge is 0.254 e. The summed E-state index contributed by atoms with van der Waals surface area (Å²) in [5, 5.41) is 2.60. The molecule has 1 aliphatic carbocycles. The average Bonchev–Trinajstić information content (AvgIpc) is 2.82. The van der Waals surface area contributed by atoms with E-state index in [1.54, 1.807) is 36.4 Å². The molecule has 0 spiro atoms. The van der Waals surface area contributed by atoms with Crippen molar-refractivity contribution in [2.24, 2.45) is 0 Å². The Kier molecular flexibility index (Phi) is 7.11. The van der Waals surface area contributed by atoms with Crippen molar-refractivity contribution in [3.63, 3.8) is 0 Å². The fourth-order valence-electron chi connectivity index (χ4n) is 4.46. The molecular weight excluding hydrogens is 442 g/mol. The number of hydrogen-bond donors (Lipinski definition) is 2. The molecule has 2 aliphatic rings. The molecular formula is C24H29N3O5S. The van der Waals surface area contributed by atoms with Crippen molar-refractivity contribution >= 4 is 27.5 Å². The molecule has 1 saturated carbocycles. The highest BCUT2D eigenvalue weighted by Crippen LogP contribution is 2.29. The van der Waals surface area contributed by atoms with Crippen LogP contribution in [0, 0.1) is 0 Å². The molecule has 2 unspecified atom stereocenters. The number of rotatable bonds is 6. The summed E-state index contributed by atoms with van der Waals surface area (Å²) in [5.41, 5.74) is 1.88. The number of morpholine rings is 1. The first-order chi connectivity index (χ1) is 15.8. The van der Waals surface area contributed by atoms with Crippen molar-refractivity contribution in [1.29, 1.82) is 0 Å². The van der Waals surface area contributed by atoms with Crippen molar-refractivity contribution in [3.8, 4) is 0 Å². The lowest BCUT2D eigenvalue weighted by atomic mass is 9.89. The number of nitrogens with zero attached hydrogens (tertiary/aromatic N) is 1. The zero-order valence-electron chi connectivity index (χ0n) is 18.6. The second-order valence-corrected chi connectivity index (χ2v) is 10.3. The Morgan fingerprint density at radius 3 is 2.42 bits per heavy atom. The first-order valence-electron chi connectivity index (χ1n) is 11.2. The molecule has 2 N–H and O–H groups in total. The van der Waals surface area contributed by atoms with Crippen LogP contribution in [0.1, 0.15) is 48.5 Å². The van der Waals surface area contributed by atoms with Crippen LogP contribution in [0.25, 0.3) is 0 Å². The number of carbonyl (C=O) groups excluding carboxylic acids is 2. The summed E-state index contributed by atoms with van der Waals surface area (Å²) in [5.74, 6) is -0.223. The zero-order chi connectivity index (χ0) is 23.4. The molecule has 9 heteroatoms. The lowest BCUT2D eigenvalue weighted by Crippen LogP contribution is -2.54. The standard InChI is InChI=1S/C24H29N3O5S/c1-17(28)26-20-10-12-21(13-11-20)33(30,31)25-16-18-6-8-19(9-7-18)24(29)27-14-15-32-23-5-3-2-4-22(23)27/h6-13,22-23,25H,2-5,14-16H2,1H3,(H,26,28). The third-order valence-corrected chi connectivity index (χ3v) is 7.56. The molecule has 1 heterocycles. The molecule has 1 aliphatic heterocycles. The Bertz CT molecular complexity index is 1100. The van der Waals surface area contributed by atoms with Crippen molar-refractivity contribution < 1.29 is 22.7 Å². The number of amides is 2. The van der Waals surface area contributed by atoms with E-state index in [1.807, 2.05) is 4.90 Å². The van der Waals surface area contributed by atoms with Gasteiger partial charge in [-0.2, -0.15) is 0 Å². The second kappa shape index (κ2) is 10.0. The van der Waals surface area contributed by atoms with Crippen molar-refractivity contribution in [2.75, 3.05) is 18.5 Å². The minimum Gasteiger partial charge on any atom is -0.374 e. The van der Waals surface area contributed by atoms with E-state index in [9.17, 15) is 18.0 Å². The molecule has 2 aromatic carbocycles. The number of carbonyl (C=O) groups is 2. The van der Waals surface area contributed by atoms with Gasteiger partial charge in [-0.15, -0.1) is 0 Å². The average molecular weight is 472 g/mol. The first kappa shape index (κ1) is 23.4. The molecule has 1 saturated heterocycles. The first-order valence-corrected chi connectivity index (χ1v) is 12.7. The summed E-state index contributed by atoms with van der Waals surface area (Å²) >= 11 is 0. The summed E-state index contributed by atoms with van der Waals surface area (Å²) in [4.78, 5) is 26.2. The number of sulfonamides is 1. The number of nitrogens with one attached hydrogen (secondary N) is 2. The highest BCUT2D eigenvalue weighted by molar-refractivity contribution is 7.89.